The molecule has 0 fully saturated rings. The first kappa shape index (κ1) is 11.2. The standard InChI is InChI=1S/C15H19N/c1-15(2,3)16-11-13-9-6-8-12-7-4-5-10-14(12)13/h4-10,16H,11H2,1-3H3. The number of hydrogen-bond acceptors (Lipinski definition) is 1. The van der Waals surface area contributed by atoms with E-state index in [1.165, 1.54) is 16.3 Å². The van der Waals surface area contributed by atoms with Gasteiger partial charge in [-0.05, 0) is 37.1 Å². The number of benzene rings is 2. The van der Waals surface area contributed by atoms with E-state index in [1.54, 1.807) is 0 Å². The minimum Gasteiger partial charge on any atom is -0.308 e. The van der Waals surface area contributed by atoms with Crippen molar-refractivity contribution >= 4 is 10.8 Å². The van der Waals surface area contributed by atoms with Gasteiger partial charge in [0.05, 0.1) is 0 Å². The molecule has 0 radical (unpaired) electrons. The van der Waals surface area contributed by atoms with Crippen molar-refractivity contribution in [2.24, 2.45) is 0 Å². The third kappa shape index (κ3) is 2.61. The van der Waals surface area contributed by atoms with Gasteiger partial charge in [0.1, 0.15) is 0 Å². The molecule has 0 atom stereocenters. The van der Waals surface area contributed by atoms with Crippen molar-refractivity contribution in [2.45, 2.75) is 32.9 Å². The zero-order valence-electron chi connectivity index (χ0n) is 10.2. The predicted octanol–water partition coefficient (Wildman–Crippen LogP) is 3.73. The quantitative estimate of drug-likeness (QED) is 0.801. The summed E-state index contributed by atoms with van der Waals surface area (Å²) in [6.07, 6.45) is 0. The van der Waals surface area contributed by atoms with E-state index in [0.717, 1.165) is 6.54 Å². The minimum atomic E-state index is 0.164. The summed E-state index contributed by atoms with van der Waals surface area (Å²) in [5, 5.41) is 6.19. The Bertz CT molecular complexity index is 475. The lowest BCUT2D eigenvalue weighted by Gasteiger charge is -2.21. The molecule has 0 spiro atoms. The third-order valence-corrected chi connectivity index (χ3v) is 2.69. The van der Waals surface area contributed by atoms with Gasteiger partial charge in [-0.15, -0.1) is 0 Å². The summed E-state index contributed by atoms with van der Waals surface area (Å²) in [6, 6.07) is 15.0. The monoisotopic (exact) mass is 213 g/mol. The van der Waals surface area contributed by atoms with Crippen molar-refractivity contribution in [2.75, 3.05) is 0 Å². The second-order valence-corrected chi connectivity index (χ2v) is 5.24. The van der Waals surface area contributed by atoms with E-state index >= 15 is 0 Å². The first-order chi connectivity index (χ1) is 7.56. The van der Waals surface area contributed by atoms with E-state index in [1.807, 2.05) is 0 Å². The maximum Gasteiger partial charge on any atom is 0.0216 e. The molecule has 0 saturated carbocycles. The molecule has 84 valence electrons. The number of fused-ring (bicyclic) bond motifs is 1. The molecule has 2 aromatic carbocycles. The van der Waals surface area contributed by atoms with Crippen LogP contribution in [0, 0.1) is 0 Å². The van der Waals surface area contributed by atoms with E-state index in [-0.39, 0.29) is 5.54 Å². The minimum absolute atomic E-state index is 0.164. The molecule has 0 aliphatic rings. The smallest absolute Gasteiger partial charge is 0.0216 e. The van der Waals surface area contributed by atoms with Crippen molar-refractivity contribution in [1.29, 1.82) is 0 Å². The zero-order chi connectivity index (χ0) is 11.6. The van der Waals surface area contributed by atoms with Crippen molar-refractivity contribution in [1.82, 2.24) is 5.32 Å². The van der Waals surface area contributed by atoms with Crippen molar-refractivity contribution in [3.63, 3.8) is 0 Å². The maximum absolute atomic E-state index is 3.53. The van der Waals surface area contributed by atoms with Gasteiger partial charge in [-0.3, -0.25) is 0 Å². The largest absolute Gasteiger partial charge is 0.308 e. The molecule has 1 N–H and O–H groups in total. The first-order valence-corrected chi connectivity index (χ1v) is 5.78. The summed E-state index contributed by atoms with van der Waals surface area (Å²) >= 11 is 0. The molecule has 0 bridgehead atoms. The summed E-state index contributed by atoms with van der Waals surface area (Å²) in [7, 11) is 0. The highest BCUT2D eigenvalue weighted by Crippen LogP contribution is 2.18. The average molecular weight is 213 g/mol. The van der Waals surface area contributed by atoms with Crippen LogP contribution in [0.25, 0.3) is 10.8 Å². The SMILES string of the molecule is CC(C)(C)NCc1cccc2ccccc12. The molecular formula is C15H19N. The molecular weight excluding hydrogens is 194 g/mol. The lowest BCUT2D eigenvalue weighted by Crippen LogP contribution is -2.35. The molecule has 0 saturated heterocycles. The van der Waals surface area contributed by atoms with E-state index in [9.17, 15) is 0 Å². The zero-order valence-corrected chi connectivity index (χ0v) is 10.2. The summed E-state index contributed by atoms with van der Waals surface area (Å²) in [4.78, 5) is 0. The van der Waals surface area contributed by atoms with Gasteiger partial charge in [0, 0.05) is 12.1 Å². The highest BCUT2D eigenvalue weighted by atomic mass is 14.9. The maximum atomic E-state index is 3.53. The fraction of sp³-hybridized carbons (Fsp3) is 0.333. The third-order valence-electron chi connectivity index (χ3n) is 2.69. The van der Waals surface area contributed by atoms with E-state index in [0.29, 0.717) is 0 Å². The predicted molar refractivity (Wildman–Crippen MR) is 70.5 cm³/mol. The molecule has 0 amide bonds. The van der Waals surface area contributed by atoms with Crippen LogP contribution >= 0.6 is 0 Å². The number of rotatable bonds is 2. The van der Waals surface area contributed by atoms with Crippen molar-refractivity contribution < 1.29 is 0 Å². The van der Waals surface area contributed by atoms with Crippen LogP contribution in [0.1, 0.15) is 26.3 Å². The van der Waals surface area contributed by atoms with Gasteiger partial charge >= 0.3 is 0 Å². The highest BCUT2D eigenvalue weighted by Gasteiger charge is 2.09. The molecule has 2 aromatic rings. The summed E-state index contributed by atoms with van der Waals surface area (Å²) < 4.78 is 0. The Kier molecular flexibility index (Phi) is 2.97. The number of hydrogen-bond donors (Lipinski definition) is 1. The van der Waals surface area contributed by atoms with E-state index < -0.39 is 0 Å². The fourth-order valence-electron chi connectivity index (χ4n) is 1.81. The fourth-order valence-corrected chi connectivity index (χ4v) is 1.81. The molecule has 1 heteroatoms. The van der Waals surface area contributed by atoms with Crippen LogP contribution in [0.4, 0.5) is 0 Å². The Labute approximate surface area is 97.5 Å². The topological polar surface area (TPSA) is 12.0 Å². The Balaban J connectivity index is 2.30. The second-order valence-electron chi connectivity index (χ2n) is 5.24. The van der Waals surface area contributed by atoms with Gasteiger partial charge in [-0.25, -0.2) is 0 Å². The Morgan fingerprint density at radius 2 is 1.62 bits per heavy atom. The summed E-state index contributed by atoms with van der Waals surface area (Å²) in [5.74, 6) is 0. The van der Waals surface area contributed by atoms with Crippen LogP contribution in [-0.2, 0) is 6.54 Å². The van der Waals surface area contributed by atoms with Gasteiger partial charge < -0.3 is 5.32 Å². The van der Waals surface area contributed by atoms with Gasteiger partial charge in [-0.2, -0.15) is 0 Å². The van der Waals surface area contributed by atoms with Gasteiger partial charge in [-0.1, -0.05) is 42.5 Å². The van der Waals surface area contributed by atoms with Crippen LogP contribution < -0.4 is 5.32 Å². The summed E-state index contributed by atoms with van der Waals surface area (Å²) in [5.41, 5.74) is 1.53. The lowest BCUT2D eigenvalue weighted by molar-refractivity contribution is 0.425. The van der Waals surface area contributed by atoms with Crippen LogP contribution in [-0.4, -0.2) is 5.54 Å². The summed E-state index contributed by atoms with van der Waals surface area (Å²) in [6.45, 7) is 7.50. The lowest BCUT2D eigenvalue weighted by atomic mass is 10.0. The molecule has 2 rings (SSSR count). The van der Waals surface area contributed by atoms with Crippen LogP contribution in [0.15, 0.2) is 42.5 Å². The first-order valence-electron chi connectivity index (χ1n) is 5.78. The van der Waals surface area contributed by atoms with Crippen LogP contribution in [0.5, 0.6) is 0 Å². The molecule has 0 aliphatic carbocycles. The molecule has 0 aliphatic heterocycles. The van der Waals surface area contributed by atoms with Gasteiger partial charge in [0.25, 0.3) is 0 Å². The molecule has 0 heterocycles. The molecule has 0 unspecified atom stereocenters. The normalized spacial score (nSPS) is 11.9. The Hall–Kier alpha value is -1.34. The Morgan fingerprint density at radius 1 is 0.938 bits per heavy atom. The van der Waals surface area contributed by atoms with Crippen molar-refractivity contribution in [3.05, 3.63) is 48.0 Å². The molecule has 1 nitrogen and oxygen atoms in total. The molecule has 16 heavy (non-hydrogen) atoms. The average Bonchev–Trinajstić information content (AvgIpc) is 2.25. The van der Waals surface area contributed by atoms with Gasteiger partial charge in [0.2, 0.25) is 0 Å². The van der Waals surface area contributed by atoms with Crippen LogP contribution in [0.3, 0.4) is 0 Å². The highest BCUT2D eigenvalue weighted by molar-refractivity contribution is 5.85. The molecule has 0 aromatic heterocycles. The van der Waals surface area contributed by atoms with E-state index in [2.05, 4.69) is 68.6 Å². The van der Waals surface area contributed by atoms with Gasteiger partial charge in [0.15, 0.2) is 0 Å². The second kappa shape index (κ2) is 4.26. The Morgan fingerprint density at radius 3 is 2.38 bits per heavy atom. The van der Waals surface area contributed by atoms with Crippen LogP contribution in [0.2, 0.25) is 0 Å². The number of nitrogens with one attached hydrogen (secondary N) is 1. The van der Waals surface area contributed by atoms with E-state index in [4.69, 9.17) is 0 Å². The van der Waals surface area contributed by atoms with Crippen molar-refractivity contribution in [3.8, 4) is 0 Å².